The van der Waals surface area contributed by atoms with Gasteiger partial charge in [0.25, 0.3) is 5.91 Å². The topological polar surface area (TPSA) is 97.5 Å². The summed E-state index contributed by atoms with van der Waals surface area (Å²) in [5, 5.41) is 3.18. The van der Waals surface area contributed by atoms with Gasteiger partial charge in [0.1, 0.15) is 17.1 Å². The van der Waals surface area contributed by atoms with E-state index in [1.54, 1.807) is 24.4 Å². The molecule has 178 valence electrons. The monoisotopic (exact) mass is 474 g/mol. The van der Waals surface area contributed by atoms with Crippen LogP contribution in [0.3, 0.4) is 0 Å². The molecule has 0 aliphatic carbocycles. The molecule has 0 bridgehead atoms. The molecular formula is C27H23FN2O5. The van der Waals surface area contributed by atoms with Gasteiger partial charge in [-0.3, -0.25) is 9.59 Å². The van der Waals surface area contributed by atoms with E-state index in [0.717, 1.165) is 22.9 Å². The second-order valence-electron chi connectivity index (χ2n) is 7.71. The molecule has 2 N–H and O–H groups in total. The lowest BCUT2D eigenvalue weighted by molar-refractivity contribution is -0.118. The van der Waals surface area contributed by atoms with Crippen LogP contribution < -0.4 is 10.1 Å². The number of esters is 1. The third-order valence-electron chi connectivity index (χ3n) is 5.43. The first-order chi connectivity index (χ1) is 17.0. The third-order valence-corrected chi connectivity index (χ3v) is 5.43. The molecular weight excluding hydrogens is 451 g/mol. The number of carbonyl (C=O) groups is 3. The van der Waals surface area contributed by atoms with Crippen LogP contribution in [0.2, 0.25) is 0 Å². The number of aryl methyl sites for hydroxylation is 1. The molecule has 4 aromatic rings. The number of ketones is 1. The second-order valence-corrected chi connectivity index (χ2v) is 7.71. The summed E-state index contributed by atoms with van der Waals surface area (Å²) in [6.45, 7) is 1.12. The van der Waals surface area contributed by atoms with E-state index >= 15 is 0 Å². The first kappa shape index (κ1) is 23.7. The molecule has 0 aliphatic rings. The van der Waals surface area contributed by atoms with E-state index in [1.807, 2.05) is 25.1 Å². The van der Waals surface area contributed by atoms with E-state index < -0.39 is 30.9 Å². The highest BCUT2D eigenvalue weighted by atomic mass is 19.1. The molecule has 7 nitrogen and oxygen atoms in total. The van der Waals surface area contributed by atoms with Crippen LogP contribution in [-0.2, 0) is 16.0 Å². The smallest absolute Gasteiger partial charge is 0.342 e. The quantitative estimate of drug-likeness (QED) is 0.265. The standard InChI is InChI=1S/C27H23FN2O5/c1-2-17-8-7-10-18-20(14-29-26(17)18)23(31)15-35-27(33)19-9-3-6-13-24(19)34-16-25(32)30-22-12-5-4-11-21(22)28/h3-14,29H,2,15-16H2,1H3,(H,30,32). The fourth-order valence-corrected chi connectivity index (χ4v) is 3.68. The molecule has 0 aliphatic heterocycles. The number of para-hydroxylation sites is 3. The van der Waals surface area contributed by atoms with Gasteiger partial charge >= 0.3 is 5.97 Å². The van der Waals surface area contributed by atoms with Gasteiger partial charge in [-0.25, -0.2) is 9.18 Å². The molecule has 0 unspecified atom stereocenters. The van der Waals surface area contributed by atoms with Gasteiger partial charge in [0.15, 0.2) is 13.2 Å². The number of halogens is 1. The minimum atomic E-state index is -0.766. The van der Waals surface area contributed by atoms with E-state index in [4.69, 9.17) is 9.47 Å². The van der Waals surface area contributed by atoms with E-state index in [9.17, 15) is 18.8 Å². The summed E-state index contributed by atoms with van der Waals surface area (Å²) in [4.78, 5) is 40.7. The van der Waals surface area contributed by atoms with Crippen molar-refractivity contribution in [1.29, 1.82) is 0 Å². The van der Waals surface area contributed by atoms with E-state index in [-0.39, 0.29) is 22.8 Å². The van der Waals surface area contributed by atoms with Gasteiger partial charge < -0.3 is 19.8 Å². The van der Waals surface area contributed by atoms with Crippen LogP contribution in [-0.4, -0.2) is 35.9 Å². The molecule has 0 saturated carbocycles. The van der Waals surface area contributed by atoms with E-state index in [2.05, 4.69) is 10.3 Å². The zero-order chi connectivity index (χ0) is 24.8. The molecule has 0 spiro atoms. The maximum atomic E-state index is 13.7. The Morgan fingerprint density at radius 2 is 1.69 bits per heavy atom. The Bertz CT molecular complexity index is 1400. The van der Waals surface area contributed by atoms with Crippen LogP contribution in [0.5, 0.6) is 5.75 Å². The minimum absolute atomic E-state index is 0.0237. The van der Waals surface area contributed by atoms with Crippen molar-refractivity contribution in [3.8, 4) is 5.75 Å². The number of aromatic amines is 1. The third kappa shape index (κ3) is 5.38. The Balaban J connectivity index is 1.38. The Morgan fingerprint density at radius 3 is 2.49 bits per heavy atom. The zero-order valence-corrected chi connectivity index (χ0v) is 19.0. The number of H-pyrrole nitrogens is 1. The van der Waals surface area contributed by atoms with Crippen molar-refractivity contribution in [1.82, 2.24) is 4.98 Å². The lowest BCUT2D eigenvalue weighted by Crippen LogP contribution is -2.22. The van der Waals surface area contributed by atoms with Gasteiger partial charge in [0.2, 0.25) is 5.78 Å². The summed E-state index contributed by atoms with van der Waals surface area (Å²) >= 11 is 0. The van der Waals surface area contributed by atoms with Crippen molar-refractivity contribution < 1.29 is 28.2 Å². The highest BCUT2D eigenvalue weighted by Gasteiger charge is 2.19. The Morgan fingerprint density at radius 1 is 0.914 bits per heavy atom. The molecule has 0 saturated heterocycles. The minimum Gasteiger partial charge on any atom is -0.483 e. The van der Waals surface area contributed by atoms with Crippen LogP contribution in [0.4, 0.5) is 10.1 Å². The van der Waals surface area contributed by atoms with Crippen LogP contribution in [0.1, 0.15) is 33.2 Å². The normalized spacial score (nSPS) is 10.7. The van der Waals surface area contributed by atoms with Gasteiger partial charge in [-0.1, -0.05) is 49.4 Å². The van der Waals surface area contributed by atoms with Crippen LogP contribution in [0, 0.1) is 5.82 Å². The SMILES string of the molecule is CCc1cccc2c(C(=O)COC(=O)c3ccccc3OCC(=O)Nc3ccccc3F)c[nH]c12. The van der Waals surface area contributed by atoms with Crippen LogP contribution in [0.15, 0.2) is 72.9 Å². The van der Waals surface area contributed by atoms with E-state index in [0.29, 0.717) is 5.56 Å². The number of benzene rings is 3. The Kier molecular flexibility index (Phi) is 7.21. The summed E-state index contributed by atoms with van der Waals surface area (Å²) < 4.78 is 24.4. The number of aromatic nitrogens is 1. The van der Waals surface area contributed by atoms with Gasteiger partial charge in [0.05, 0.1) is 5.69 Å². The molecule has 4 rings (SSSR count). The number of hydrogen-bond donors (Lipinski definition) is 2. The van der Waals surface area contributed by atoms with Crippen molar-refractivity contribution in [2.45, 2.75) is 13.3 Å². The molecule has 0 radical (unpaired) electrons. The Labute approximate surface area is 200 Å². The molecule has 1 amide bonds. The van der Waals surface area contributed by atoms with Gasteiger partial charge in [-0.15, -0.1) is 0 Å². The molecule has 1 aromatic heterocycles. The lowest BCUT2D eigenvalue weighted by atomic mass is 10.1. The number of amides is 1. The van der Waals surface area contributed by atoms with E-state index in [1.165, 1.54) is 30.3 Å². The first-order valence-electron chi connectivity index (χ1n) is 11.0. The van der Waals surface area contributed by atoms with Crippen molar-refractivity contribution in [2.24, 2.45) is 0 Å². The first-order valence-corrected chi connectivity index (χ1v) is 11.0. The van der Waals surface area contributed by atoms with Crippen molar-refractivity contribution >= 4 is 34.3 Å². The summed E-state index contributed by atoms with van der Waals surface area (Å²) in [5.41, 5.74) is 2.50. The maximum Gasteiger partial charge on any atom is 0.342 e. The zero-order valence-electron chi connectivity index (χ0n) is 19.0. The molecule has 0 fully saturated rings. The fourth-order valence-electron chi connectivity index (χ4n) is 3.68. The predicted octanol–water partition coefficient (Wildman–Crippen LogP) is 4.93. The molecule has 1 heterocycles. The average Bonchev–Trinajstić information content (AvgIpc) is 3.32. The van der Waals surface area contributed by atoms with Crippen molar-refractivity contribution in [2.75, 3.05) is 18.5 Å². The van der Waals surface area contributed by atoms with Crippen molar-refractivity contribution in [3.63, 3.8) is 0 Å². The summed E-state index contributed by atoms with van der Waals surface area (Å²) in [7, 11) is 0. The highest BCUT2D eigenvalue weighted by Crippen LogP contribution is 2.23. The summed E-state index contributed by atoms with van der Waals surface area (Å²) in [6, 6.07) is 17.7. The number of Topliss-reactive ketones (excluding diaryl/α,β-unsaturated/α-hetero) is 1. The molecule has 0 atom stereocenters. The molecule has 8 heteroatoms. The van der Waals surface area contributed by atoms with Crippen LogP contribution in [0.25, 0.3) is 10.9 Å². The number of ether oxygens (including phenoxy) is 2. The number of anilines is 1. The molecule has 3 aromatic carbocycles. The lowest BCUT2D eigenvalue weighted by Gasteiger charge is -2.11. The second kappa shape index (κ2) is 10.6. The van der Waals surface area contributed by atoms with Gasteiger partial charge in [-0.05, 0) is 36.2 Å². The van der Waals surface area contributed by atoms with Crippen LogP contribution >= 0.6 is 0 Å². The average molecular weight is 474 g/mol. The highest BCUT2D eigenvalue weighted by molar-refractivity contribution is 6.09. The fraction of sp³-hybridized carbons (Fsp3) is 0.148. The largest absolute Gasteiger partial charge is 0.483 e. The van der Waals surface area contributed by atoms with Gasteiger partial charge in [-0.2, -0.15) is 0 Å². The number of carbonyl (C=O) groups excluding carboxylic acids is 3. The number of fused-ring (bicyclic) bond motifs is 1. The number of hydrogen-bond acceptors (Lipinski definition) is 5. The summed E-state index contributed by atoms with van der Waals surface area (Å²) in [5.74, 6) is -2.18. The van der Waals surface area contributed by atoms with Crippen molar-refractivity contribution in [3.05, 3.63) is 95.4 Å². The predicted molar refractivity (Wildman–Crippen MR) is 129 cm³/mol. The van der Waals surface area contributed by atoms with Gasteiger partial charge in [0, 0.05) is 22.7 Å². The molecule has 35 heavy (non-hydrogen) atoms. The summed E-state index contributed by atoms with van der Waals surface area (Å²) in [6.07, 6.45) is 2.43. The maximum absolute atomic E-state index is 13.7. The number of rotatable bonds is 9. The Hall–Kier alpha value is -4.46. The number of nitrogens with one attached hydrogen (secondary N) is 2.